The normalized spacial score (nSPS) is 11.7. The van der Waals surface area contributed by atoms with Gasteiger partial charge in [0.15, 0.2) is 0 Å². The van der Waals surface area contributed by atoms with Crippen LogP contribution in [0.4, 0.5) is 17.1 Å². The molecule has 8 aromatic carbocycles. The van der Waals surface area contributed by atoms with Crippen molar-refractivity contribution >= 4 is 81.3 Å². The highest BCUT2D eigenvalue weighted by Crippen LogP contribution is 2.50. The smallest absolute Gasteiger partial charge is 0.144 e. The van der Waals surface area contributed by atoms with Crippen molar-refractivity contribution in [2.24, 2.45) is 0 Å². The van der Waals surface area contributed by atoms with E-state index < -0.39 is 0 Å². The average molecular weight is 644 g/mol. The van der Waals surface area contributed by atoms with E-state index in [1.54, 1.807) is 0 Å². The topological polar surface area (TPSA) is 16.4 Å². The Bertz CT molecular complexity index is 2710. The van der Waals surface area contributed by atoms with Gasteiger partial charge in [-0.1, -0.05) is 133 Å². The molecule has 3 heteroatoms. The first-order chi connectivity index (χ1) is 24.3. The summed E-state index contributed by atoms with van der Waals surface area (Å²) in [6.45, 7) is 0. The second-order valence-corrected chi connectivity index (χ2v) is 13.5. The van der Waals surface area contributed by atoms with Gasteiger partial charge in [-0.2, -0.15) is 0 Å². The molecule has 0 saturated heterocycles. The SMILES string of the molecule is c1ccc(-c2ccc(N(c3ccc(-c4ccccc4)cc3)c3cccc4oc5c6ccccc6c6c7ccccc7sc6c5c34)cc2)cc1. The zero-order valence-electron chi connectivity index (χ0n) is 26.5. The first-order valence-corrected chi connectivity index (χ1v) is 17.4. The number of nitrogens with zero attached hydrogens (tertiary/aromatic N) is 1. The van der Waals surface area contributed by atoms with Crippen molar-refractivity contribution in [2.75, 3.05) is 4.90 Å². The summed E-state index contributed by atoms with van der Waals surface area (Å²) in [7, 11) is 0. The monoisotopic (exact) mass is 643 g/mol. The standard InChI is InChI=1S/C46H29NOS/c1-3-12-30(13-4-1)32-22-26-34(27-23-32)47(35-28-24-33(25-29-35)31-14-5-2-6-15-31)39-19-11-20-40-43(39)44-45(48-40)37-17-8-7-16-36(37)42-38-18-9-10-21-41(38)49-46(42)44/h1-29H. The Labute approximate surface area is 287 Å². The number of thiophene rings is 1. The molecule has 0 aliphatic rings. The minimum absolute atomic E-state index is 0.884. The van der Waals surface area contributed by atoms with E-state index in [1.807, 2.05) is 11.3 Å². The highest BCUT2D eigenvalue weighted by Gasteiger charge is 2.24. The van der Waals surface area contributed by atoms with Crippen molar-refractivity contribution in [2.45, 2.75) is 0 Å². The van der Waals surface area contributed by atoms with Crippen LogP contribution in [0, 0.1) is 0 Å². The van der Waals surface area contributed by atoms with Gasteiger partial charge in [-0.05, 0) is 70.1 Å². The number of rotatable bonds is 5. The van der Waals surface area contributed by atoms with E-state index in [9.17, 15) is 0 Å². The summed E-state index contributed by atoms with van der Waals surface area (Å²) in [5.41, 5.74) is 9.87. The largest absolute Gasteiger partial charge is 0.455 e. The minimum atomic E-state index is 0.884. The van der Waals surface area contributed by atoms with Crippen LogP contribution < -0.4 is 4.90 Å². The molecule has 0 atom stereocenters. The lowest BCUT2D eigenvalue weighted by Gasteiger charge is -2.26. The number of hydrogen-bond donors (Lipinski definition) is 0. The van der Waals surface area contributed by atoms with Crippen LogP contribution in [0.3, 0.4) is 0 Å². The fourth-order valence-electron chi connectivity index (χ4n) is 7.41. The van der Waals surface area contributed by atoms with Crippen LogP contribution in [-0.2, 0) is 0 Å². The molecule has 49 heavy (non-hydrogen) atoms. The Morgan fingerprint density at radius 1 is 0.388 bits per heavy atom. The quantitative estimate of drug-likeness (QED) is 0.186. The second-order valence-electron chi connectivity index (χ2n) is 12.5. The van der Waals surface area contributed by atoms with E-state index in [4.69, 9.17) is 4.42 Å². The van der Waals surface area contributed by atoms with Gasteiger partial charge in [-0.25, -0.2) is 0 Å². The average Bonchev–Trinajstić information content (AvgIpc) is 3.76. The van der Waals surface area contributed by atoms with Crippen molar-refractivity contribution in [3.8, 4) is 22.3 Å². The van der Waals surface area contributed by atoms with Crippen LogP contribution in [-0.4, -0.2) is 0 Å². The lowest BCUT2D eigenvalue weighted by atomic mass is 9.99. The maximum Gasteiger partial charge on any atom is 0.144 e. The maximum atomic E-state index is 6.87. The summed E-state index contributed by atoms with van der Waals surface area (Å²) in [5, 5.41) is 7.26. The second kappa shape index (κ2) is 11.2. The molecule has 10 aromatic rings. The molecule has 230 valence electrons. The molecule has 0 unspecified atom stereocenters. The molecule has 0 radical (unpaired) electrons. The van der Waals surface area contributed by atoms with Gasteiger partial charge in [0, 0.05) is 42.3 Å². The Kier molecular flexibility index (Phi) is 6.39. The van der Waals surface area contributed by atoms with Crippen LogP contribution >= 0.6 is 11.3 Å². The molecule has 2 aromatic heterocycles. The predicted molar refractivity (Wildman–Crippen MR) is 210 cm³/mol. The van der Waals surface area contributed by atoms with E-state index >= 15 is 0 Å². The van der Waals surface area contributed by atoms with Gasteiger partial charge in [-0.3, -0.25) is 0 Å². The van der Waals surface area contributed by atoms with Crippen molar-refractivity contribution in [3.63, 3.8) is 0 Å². The molecule has 0 N–H and O–H groups in total. The highest BCUT2D eigenvalue weighted by atomic mass is 32.1. The highest BCUT2D eigenvalue weighted by molar-refractivity contribution is 7.27. The number of anilines is 3. The third-order valence-corrected chi connectivity index (χ3v) is 10.9. The summed E-state index contributed by atoms with van der Waals surface area (Å²) in [6, 6.07) is 62.9. The van der Waals surface area contributed by atoms with Gasteiger partial charge < -0.3 is 9.32 Å². The van der Waals surface area contributed by atoms with E-state index in [0.29, 0.717) is 0 Å². The van der Waals surface area contributed by atoms with Crippen LogP contribution in [0.25, 0.3) is 75.1 Å². The number of furan rings is 1. The number of benzene rings is 8. The summed E-state index contributed by atoms with van der Waals surface area (Å²) < 4.78 is 9.41. The first-order valence-electron chi connectivity index (χ1n) is 16.6. The van der Waals surface area contributed by atoms with Crippen LogP contribution in [0.2, 0.25) is 0 Å². The molecule has 2 heterocycles. The Morgan fingerprint density at radius 2 is 0.918 bits per heavy atom. The fourth-order valence-corrected chi connectivity index (χ4v) is 8.67. The predicted octanol–water partition coefficient (Wildman–Crippen LogP) is 13.9. The lowest BCUT2D eigenvalue weighted by molar-refractivity contribution is 0.673. The Morgan fingerprint density at radius 3 is 1.55 bits per heavy atom. The van der Waals surface area contributed by atoms with Crippen molar-refractivity contribution < 1.29 is 4.42 Å². The van der Waals surface area contributed by atoms with Crippen molar-refractivity contribution in [1.82, 2.24) is 0 Å². The molecule has 2 nitrogen and oxygen atoms in total. The van der Waals surface area contributed by atoms with Crippen LogP contribution in [0.5, 0.6) is 0 Å². The zero-order valence-corrected chi connectivity index (χ0v) is 27.3. The van der Waals surface area contributed by atoms with E-state index in [0.717, 1.165) is 39.0 Å². The fraction of sp³-hybridized carbons (Fsp3) is 0. The Balaban J connectivity index is 1.26. The maximum absolute atomic E-state index is 6.87. The summed E-state index contributed by atoms with van der Waals surface area (Å²) in [4.78, 5) is 2.38. The molecule has 0 fully saturated rings. The molecule has 0 spiro atoms. The molecule has 0 amide bonds. The molecule has 0 saturated carbocycles. The van der Waals surface area contributed by atoms with Gasteiger partial charge in [-0.15, -0.1) is 11.3 Å². The van der Waals surface area contributed by atoms with E-state index in [-0.39, 0.29) is 0 Å². The van der Waals surface area contributed by atoms with Crippen molar-refractivity contribution in [1.29, 1.82) is 0 Å². The third-order valence-electron chi connectivity index (χ3n) is 9.66. The van der Waals surface area contributed by atoms with E-state index in [1.165, 1.54) is 53.2 Å². The minimum Gasteiger partial charge on any atom is -0.455 e. The number of hydrogen-bond acceptors (Lipinski definition) is 3. The van der Waals surface area contributed by atoms with Crippen LogP contribution in [0.15, 0.2) is 180 Å². The van der Waals surface area contributed by atoms with Gasteiger partial charge in [0.25, 0.3) is 0 Å². The Hall–Kier alpha value is -6.16. The van der Waals surface area contributed by atoms with E-state index in [2.05, 4.69) is 181 Å². The molecule has 0 aliphatic heterocycles. The van der Waals surface area contributed by atoms with Gasteiger partial charge in [0.1, 0.15) is 11.2 Å². The summed E-state index contributed by atoms with van der Waals surface area (Å²) in [5.74, 6) is 0. The van der Waals surface area contributed by atoms with Gasteiger partial charge in [0.2, 0.25) is 0 Å². The van der Waals surface area contributed by atoms with Gasteiger partial charge in [0.05, 0.1) is 11.1 Å². The third kappa shape index (κ3) is 4.47. The van der Waals surface area contributed by atoms with Crippen LogP contribution in [0.1, 0.15) is 0 Å². The first kappa shape index (κ1) is 27.9. The van der Waals surface area contributed by atoms with Crippen molar-refractivity contribution in [3.05, 3.63) is 176 Å². The summed E-state index contributed by atoms with van der Waals surface area (Å²) in [6.07, 6.45) is 0. The molecular formula is C46H29NOS. The zero-order chi connectivity index (χ0) is 32.3. The molecule has 0 bridgehead atoms. The lowest BCUT2D eigenvalue weighted by Crippen LogP contribution is -2.10. The van der Waals surface area contributed by atoms with Gasteiger partial charge >= 0.3 is 0 Å². The molecule has 10 rings (SSSR count). The molecular weight excluding hydrogens is 615 g/mol. The molecule has 0 aliphatic carbocycles. The summed E-state index contributed by atoms with van der Waals surface area (Å²) >= 11 is 1.86. The number of fused-ring (bicyclic) bond motifs is 10.